The van der Waals surface area contributed by atoms with Gasteiger partial charge in [0.15, 0.2) is 11.4 Å². The summed E-state index contributed by atoms with van der Waals surface area (Å²) in [5.41, 5.74) is 2.61. The summed E-state index contributed by atoms with van der Waals surface area (Å²) in [6.07, 6.45) is 2.57. The third-order valence-corrected chi connectivity index (χ3v) is 6.80. The zero-order valence-corrected chi connectivity index (χ0v) is 21.4. The van der Waals surface area contributed by atoms with Gasteiger partial charge in [-0.2, -0.15) is 0 Å². The molecule has 0 amide bonds. The van der Waals surface area contributed by atoms with Gasteiger partial charge in [-0.05, 0) is 50.1 Å². The summed E-state index contributed by atoms with van der Waals surface area (Å²) in [6, 6.07) is 7.09. The van der Waals surface area contributed by atoms with E-state index >= 15 is 0 Å². The van der Waals surface area contributed by atoms with Gasteiger partial charge < -0.3 is 14.5 Å². The molecule has 0 aliphatic heterocycles. The fraction of sp³-hybridized carbons (Fsp3) is 0.320. The number of ether oxygens (including phenoxy) is 2. The molecule has 0 aliphatic carbocycles. The number of aromatic nitrogens is 4. The van der Waals surface area contributed by atoms with Crippen LogP contribution in [0.1, 0.15) is 29.8 Å². The smallest absolute Gasteiger partial charge is 0.328 e. The van der Waals surface area contributed by atoms with Gasteiger partial charge in [-0.15, -0.1) is 0 Å². The number of hydrogen-bond donors (Lipinski definition) is 1. The van der Waals surface area contributed by atoms with Crippen molar-refractivity contribution in [1.82, 2.24) is 19.5 Å². The van der Waals surface area contributed by atoms with E-state index in [1.165, 1.54) is 23.9 Å². The first-order valence-electron chi connectivity index (χ1n) is 11.3. The molecule has 0 bridgehead atoms. The molecule has 3 aromatic heterocycles. The van der Waals surface area contributed by atoms with Crippen molar-refractivity contribution in [2.24, 2.45) is 0 Å². The maximum Gasteiger partial charge on any atom is 0.328 e. The van der Waals surface area contributed by atoms with Crippen LogP contribution >= 0.6 is 0 Å². The summed E-state index contributed by atoms with van der Waals surface area (Å²) in [7, 11) is -2.09. The summed E-state index contributed by atoms with van der Waals surface area (Å²) < 4.78 is 51.6. The lowest BCUT2D eigenvalue weighted by Gasteiger charge is -2.19. The van der Waals surface area contributed by atoms with Gasteiger partial charge in [-0.25, -0.2) is 27.6 Å². The maximum absolute atomic E-state index is 14.7. The van der Waals surface area contributed by atoms with E-state index in [1.54, 1.807) is 45.0 Å². The van der Waals surface area contributed by atoms with E-state index in [-0.39, 0.29) is 11.5 Å². The van der Waals surface area contributed by atoms with Gasteiger partial charge in [0.25, 0.3) is 5.88 Å². The Morgan fingerprint density at radius 3 is 2.56 bits per heavy atom. The summed E-state index contributed by atoms with van der Waals surface area (Å²) in [6.45, 7) is 5.65. The van der Waals surface area contributed by atoms with Gasteiger partial charge in [0.2, 0.25) is 0 Å². The zero-order chi connectivity index (χ0) is 26.2. The number of aryl methyl sites for hydroxylation is 2. The number of methoxy groups -OCH3 is 1. The predicted molar refractivity (Wildman–Crippen MR) is 135 cm³/mol. The van der Waals surface area contributed by atoms with Gasteiger partial charge in [0.1, 0.15) is 15.7 Å². The van der Waals surface area contributed by atoms with Crippen LogP contribution in [0, 0.1) is 19.7 Å². The van der Waals surface area contributed by atoms with Gasteiger partial charge in [0, 0.05) is 23.6 Å². The molecule has 0 saturated carbocycles. The molecule has 4 aromatic rings. The number of nitrogens with one attached hydrogen (secondary N) is 1. The normalized spacial score (nSPS) is 12.6. The molecule has 11 heteroatoms. The molecule has 9 nitrogen and oxygen atoms in total. The van der Waals surface area contributed by atoms with Crippen LogP contribution in [0.25, 0.3) is 22.3 Å². The Morgan fingerprint density at radius 2 is 1.92 bits per heavy atom. The molecule has 0 aliphatic rings. The number of aromatic amines is 1. The number of pyridine rings is 2. The Balaban J connectivity index is 1.93. The monoisotopic (exact) mass is 514 g/mol. The minimum absolute atomic E-state index is 0.185. The Labute approximate surface area is 207 Å². The van der Waals surface area contributed by atoms with E-state index in [2.05, 4.69) is 15.0 Å². The molecular formula is C25H27FN4O5S. The summed E-state index contributed by atoms with van der Waals surface area (Å²) in [5.74, 6) is -0.240. The van der Waals surface area contributed by atoms with Crippen LogP contribution in [0.3, 0.4) is 0 Å². The number of rotatable bonds is 8. The number of halogens is 1. The first-order valence-corrected chi connectivity index (χ1v) is 13.3. The second-order valence-corrected chi connectivity index (χ2v) is 10.7. The SMILES string of the molecule is CCOc1nc([C@@H](CS(C)(=O)=O)n2c(=O)[nH]c3c(C)c(-c4ccc(C)cc4F)cnc32)ccc1OC. The van der Waals surface area contributed by atoms with Gasteiger partial charge in [0.05, 0.1) is 36.7 Å². The lowest BCUT2D eigenvalue weighted by atomic mass is 10.0. The van der Waals surface area contributed by atoms with Crippen LogP contribution in [0.5, 0.6) is 11.6 Å². The molecule has 1 N–H and O–H groups in total. The van der Waals surface area contributed by atoms with E-state index in [9.17, 15) is 17.6 Å². The number of nitrogens with zero attached hydrogens (tertiary/aromatic N) is 3. The lowest BCUT2D eigenvalue weighted by Crippen LogP contribution is -2.29. The van der Waals surface area contributed by atoms with Crippen molar-refractivity contribution >= 4 is 21.0 Å². The largest absolute Gasteiger partial charge is 0.491 e. The van der Waals surface area contributed by atoms with Crippen molar-refractivity contribution in [2.75, 3.05) is 25.7 Å². The van der Waals surface area contributed by atoms with Crippen molar-refractivity contribution < 1.29 is 22.3 Å². The fourth-order valence-electron chi connectivity index (χ4n) is 4.19. The number of benzene rings is 1. The highest BCUT2D eigenvalue weighted by atomic mass is 32.2. The summed E-state index contributed by atoms with van der Waals surface area (Å²) in [5, 5.41) is 0. The van der Waals surface area contributed by atoms with Crippen LogP contribution in [0.15, 0.2) is 41.3 Å². The topological polar surface area (TPSA) is 116 Å². The van der Waals surface area contributed by atoms with Crippen molar-refractivity contribution in [3.63, 3.8) is 0 Å². The summed E-state index contributed by atoms with van der Waals surface area (Å²) in [4.78, 5) is 24.9. The second-order valence-electron chi connectivity index (χ2n) is 8.56. The minimum Gasteiger partial charge on any atom is -0.491 e. The van der Waals surface area contributed by atoms with Crippen LogP contribution in [0.2, 0.25) is 0 Å². The van der Waals surface area contributed by atoms with Crippen molar-refractivity contribution in [1.29, 1.82) is 0 Å². The van der Waals surface area contributed by atoms with Gasteiger partial charge in [-0.3, -0.25) is 4.57 Å². The van der Waals surface area contributed by atoms with E-state index in [0.29, 0.717) is 40.3 Å². The van der Waals surface area contributed by atoms with Crippen molar-refractivity contribution in [3.05, 3.63) is 69.7 Å². The highest BCUT2D eigenvalue weighted by Crippen LogP contribution is 2.32. The minimum atomic E-state index is -3.56. The maximum atomic E-state index is 14.7. The first kappa shape index (κ1) is 25.4. The predicted octanol–water partition coefficient (Wildman–Crippen LogP) is 3.58. The molecule has 0 saturated heterocycles. The van der Waals surface area contributed by atoms with E-state index < -0.39 is 33.1 Å². The third kappa shape index (κ3) is 4.83. The van der Waals surface area contributed by atoms with Crippen LogP contribution in [0.4, 0.5) is 4.39 Å². The molecule has 1 atom stereocenters. The fourth-order valence-corrected chi connectivity index (χ4v) is 5.08. The highest BCUT2D eigenvalue weighted by Gasteiger charge is 2.27. The molecular weight excluding hydrogens is 487 g/mol. The number of imidazole rings is 1. The van der Waals surface area contributed by atoms with Gasteiger partial charge >= 0.3 is 5.69 Å². The first-order chi connectivity index (χ1) is 17.0. The number of fused-ring (bicyclic) bond motifs is 1. The number of H-pyrrole nitrogens is 1. The highest BCUT2D eigenvalue weighted by molar-refractivity contribution is 7.90. The molecule has 0 unspecified atom stereocenters. The van der Waals surface area contributed by atoms with Crippen molar-refractivity contribution in [3.8, 4) is 22.8 Å². The third-order valence-electron chi connectivity index (χ3n) is 5.87. The number of hydrogen-bond acceptors (Lipinski definition) is 7. The van der Waals surface area contributed by atoms with E-state index in [1.807, 2.05) is 0 Å². The molecule has 36 heavy (non-hydrogen) atoms. The lowest BCUT2D eigenvalue weighted by molar-refractivity contribution is 0.296. The van der Waals surface area contributed by atoms with E-state index in [4.69, 9.17) is 9.47 Å². The van der Waals surface area contributed by atoms with E-state index in [0.717, 1.165) is 11.8 Å². The van der Waals surface area contributed by atoms with Crippen LogP contribution in [-0.4, -0.2) is 53.7 Å². The molecule has 3 heterocycles. The Kier molecular flexibility index (Phi) is 6.85. The Bertz CT molecular complexity index is 1610. The molecule has 0 spiro atoms. The number of sulfone groups is 1. The standard InChI is InChI=1S/C25H27FN4O5S/c1-6-35-24-21(34-4)10-9-19(28-24)20(13-36(5,32)33)30-23-22(29-25(30)31)15(3)17(12-27-23)16-8-7-14(2)11-18(16)26/h7-12,20H,6,13H2,1-5H3,(H,29,31)/t20-/m1/s1. The van der Waals surface area contributed by atoms with Crippen LogP contribution < -0.4 is 15.2 Å². The van der Waals surface area contributed by atoms with Crippen molar-refractivity contribution in [2.45, 2.75) is 26.8 Å². The Morgan fingerprint density at radius 1 is 1.17 bits per heavy atom. The van der Waals surface area contributed by atoms with Crippen LogP contribution in [-0.2, 0) is 9.84 Å². The Hall–Kier alpha value is -3.73. The second kappa shape index (κ2) is 9.73. The van der Waals surface area contributed by atoms with Gasteiger partial charge in [-0.1, -0.05) is 12.1 Å². The zero-order valence-electron chi connectivity index (χ0n) is 20.6. The molecule has 0 fully saturated rings. The summed E-state index contributed by atoms with van der Waals surface area (Å²) >= 11 is 0. The molecule has 1 aromatic carbocycles. The molecule has 0 radical (unpaired) electrons. The molecule has 4 rings (SSSR count). The average molecular weight is 515 g/mol. The average Bonchev–Trinajstić information content (AvgIpc) is 3.14. The quantitative estimate of drug-likeness (QED) is 0.382. The molecule has 190 valence electrons.